The van der Waals surface area contributed by atoms with Crippen LogP contribution >= 0.6 is 0 Å². The standard InChI is InChI=1S/C11H17NO4/c1-11(2)15-8(4-5-12)6-9(16-11)7-10(13)14-3/h8-9H,4,6-7H2,1-3H3. The van der Waals surface area contributed by atoms with E-state index in [1.807, 2.05) is 0 Å². The maximum atomic E-state index is 11.1. The zero-order valence-corrected chi connectivity index (χ0v) is 9.86. The van der Waals surface area contributed by atoms with E-state index in [-0.39, 0.29) is 24.6 Å². The van der Waals surface area contributed by atoms with Gasteiger partial charge in [0.05, 0.1) is 38.2 Å². The molecule has 1 aliphatic rings. The van der Waals surface area contributed by atoms with E-state index in [2.05, 4.69) is 10.8 Å². The van der Waals surface area contributed by atoms with Crippen LogP contribution in [0.2, 0.25) is 0 Å². The van der Waals surface area contributed by atoms with Gasteiger partial charge in [-0.05, 0) is 13.8 Å². The monoisotopic (exact) mass is 227 g/mol. The third-order valence-corrected chi connectivity index (χ3v) is 2.37. The van der Waals surface area contributed by atoms with E-state index in [1.165, 1.54) is 7.11 Å². The lowest BCUT2D eigenvalue weighted by Crippen LogP contribution is -2.45. The molecule has 1 fully saturated rings. The molecule has 0 saturated carbocycles. The quantitative estimate of drug-likeness (QED) is 0.681. The van der Waals surface area contributed by atoms with Crippen LogP contribution in [0, 0.1) is 11.3 Å². The Bertz CT molecular complexity index is 295. The molecule has 0 amide bonds. The second-order valence-electron chi connectivity index (χ2n) is 4.26. The Morgan fingerprint density at radius 3 is 2.69 bits per heavy atom. The van der Waals surface area contributed by atoms with Crippen molar-refractivity contribution >= 4 is 5.97 Å². The van der Waals surface area contributed by atoms with Crippen molar-refractivity contribution in [3.05, 3.63) is 0 Å². The molecule has 5 heteroatoms. The van der Waals surface area contributed by atoms with Crippen LogP contribution in [0.4, 0.5) is 0 Å². The minimum absolute atomic E-state index is 0.177. The predicted octanol–water partition coefficient (Wildman–Crippen LogP) is 1.37. The molecule has 0 spiro atoms. The summed E-state index contributed by atoms with van der Waals surface area (Å²) >= 11 is 0. The molecule has 0 aromatic rings. The maximum absolute atomic E-state index is 11.1. The van der Waals surface area contributed by atoms with Gasteiger partial charge in [-0.1, -0.05) is 0 Å². The number of nitriles is 1. The second kappa shape index (κ2) is 5.28. The number of carbonyl (C=O) groups is 1. The highest BCUT2D eigenvalue weighted by molar-refractivity contribution is 5.69. The van der Waals surface area contributed by atoms with Crippen molar-refractivity contribution in [2.24, 2.45) is 0 Å². The summed E-state index contributed by atoms with van der Waals surface area (Å²) < 4.78 is 15.7. The molecule has 0 aromatic heterocycles. The molecular formula is C11H17NO4. The number of methoxy groups -OCH3 is 1. The molecule has 0 aromatic carbocycles. The lowest BCUT2D eigenvalue weighted by molar-refractivity contribution is -0.298. The third-order valence-electron chi connectivity index (χ3n) is 2.37. The number of hydrogen-bond acceptors (Lipinski definition) is 5. The van der Waals surface area contributed by atoms with Crippen LogP contribution in [-0.2, 0) is 19.0 Å². The number of esters is 1. The van der Waals surface area contributed by atoms with Crippen molar-refractivity contribution in [2.45, 2.75) is 51.1 Å². The Morgan fingerprint density at radius 2 is 2.12 bits per heavy atom. The summed E-state index contributed by atoms with van der Waals surface area (Å²) in [4.78, 5) is 11.1. The molecular weight excluding hydrogens is 210 g/mol. The van der Waals surface area contributed by atoms with Gasteiger partial charge < -0.3 is 14.2 Å². The first-order chi connectivity index (χ1) is 7.46. The van der Waals surface area contributed by atoms with Crippen molar-refractivity contribution in [1.82, 2.24) is 0 Å². The molecule has 0 radical (unpaired) electrons. The number of ether oxygens (including phenoxy) is 3. The number of hydrogen-bond donors (Lipinski definition) is 0. The third kappa shape index (κ3) is 3.80. The van der Waals surface area contributed by atoms with Gasteiger partial charge >= 0.3 is 5.97 Å². The van der Waals surface area contributed by atoms with Crippen LogP contribution in [0.25, 0.3) is 0 Å². The summed E-state index contributed by atoms with van der Waals surface area (Å²) in [7, 11) is 1.35. The second-order valence-corrected chi connectivity index (χ2v) is 4.26. The van der Waals surface area contributed by atoms with E-state index < -0.39 is 5.79 Å². The first kappa shape index (κ1) is 12.9. The van der Waals surface area contributed by atoms with Gasteiger partial charge in [0.2, 0.25) is 0 Å². The lowest BCUT2D eigenvalue weighted by atomic mass is 10.0. The van der Waals surface area contributed by atoms with E-state index in [4.69, 9.17) is 14.7 Å². The summed E-state index contributed by atoms with van der Waals surface area (Å²) in [5.74, 6) is -1.06. The van der Waals surface area contributed by atoms with Crippen LogP contribution in [0.3, 0.4) is 0 Å². The van der Waals surface area contributed by atoms with Crippen LogP contribution < -0.4 is 0 Å². The van der Waals surface area contributed by atoms with Crippen LogP contribution in [0.5, 0.6) is 0 Å². The molecule has 1 heterocycles. The van der Waals surface area contributed by atoms with Gasteiger partial charge in [-0.3, -0.25) is 4.79 Å². The van der Waals surface area contributed by atoms with Crippen molar-refractivity contribution in [2.75, 3.05) is 7.11 Å². The van der Waals surface area contributed by atoms with Gasteiger partial charge in [0.15, 0.2) is 5.79 Å². The lowest BCUT2D eigenvalue weighted by Gasteiger charge is -2.39. The van der Waals surface area contributed by atoms with Gasteiger partial charge in [-0.2, -0.15) is 5.26 Å². The molecule has 5 nitrogen and oxygen atoms in total. The molecule has 0 N–H and O–H groups in total. The molecule has 1 saturated heterocycles. The van der Waals surface area contributed by atoms with Crippen molar-refractivity contribution in [3.8, 4) is 6.07 Å². The van der Waals surface area contributed by atoms with E-state index >= 15 is 0 Å². The summed E-state index contributed by atoms with van der Waals surface area (Å²) in [5.41, 5.74) is 0. The Balaban J connectivity index is 2.58. The Labute approximate surface area is 95.3 Å². The number of rotatable bonds is 3. The van der Waals surface area contributed by atoms with E-state index in [0.717, 1.165) is 0 Å². The van der Waals surface area contributed by atoms with Gasteiger partial charge in [0.1, 0.15) is 0 Å². The number of carbonyl (C=O) groups excluding carboxylic acids is 1. The van der Waals surface area contributed by atoms with Crippen LogP contribution in [0.15, 0.2) is 0 Å². The minimum atomic E-state index is -0.752. The van der Waals surface area contributed by atoms with Gasteiger partial charge in [0.25, 0.3) is 0 Å². The van der Waals surface area contributed by atoms with Gasteiger partial charge in [0, 0.05) is 6.42 Å². The first-order valence-corrected chi connectivity index (χ1v) is 5.26. The zero-order chi connectivity index (χ0) is 12.2. The molecule has 90 valence electrons. The molecule has 2 atom stereocenters. The summed E-state index contributed by atoms with van der Waals surface area (Å²) in [6, 6.07) is 2.07. The highest BCUT2D eigenvalue weighted by atomic mass is 16.7. The Morgan fingerprint density at radius 1 is 1.50 bits per heavy atom. The van der Waals surface area contributed by atoms with Crippen LogP contribution in [-0.4, -0.2) is 31.1 Å². The van der Waals surface area contributed by atoms with Crippen molar-refractivity contribution < 1.29 is 19.0 Å². The minimum Gasteiger partial charge on any atom is -0.469 e. The highest BCUT2D eigenvalue weighted by Gasteiger charge is 2.36. The van der Waals surface area contributed by atoms with Crippen molar-refractivity contribution in [1.29, 1.82) is 5.26 Å². The van der Waals surface area contributed by atoms with Crippen LogP contribution in [0.1, 0.15) is 33.1 Å². The molecule has 0 bridgehead atoms. The normalized spacial score (nSPS) is 28.1. The van der Waals surface area contributed by atoms with Gasteiger partial charge in [-0.15, -0.1) is 0 Å². The Kier molecular flexibility index (Phi) is 4.27. The fourth-order valence-corrected chi connectivity index (χ4v) is 1.84. The molecule has 1 rings (SSSR count). The highest BCUT2D eigenvalue weighted by Crippen LogP contribution is 2.29. The fourth-order valence-electron chi connectivity index (χ4n) is 1.84. The van der Waals surface area contributed by atoms with Crippen molar-refractivity contribution in [3.63, 3.8) is 0 Å². The first-order valence-electron chi connectivity index (χ1n) is 5.26. The molecule has 0 aliphatic carbocycles. The fraction of sp³-hybridized carbons (Fsp3) is 0.818. The smallest absolute Gasteiger partial charge is 0.308 e. The maximum Gasteiger partial charge on any atom is 0.308 e. The predicted molar refractivity (Wildman–Crippen MR) is 55.3 cm³/mol. The van der Waals surface area contributed by atoms with E-state index in [9.17, 15) is 4.79 Å². The largest absolute Gasteiger partial charge is 0.469 e. The SMILES string of the molecule is COC(=O)CC1CC(CC#N)OC(C)(C)O1. The Hall–Kier alpha value is -1.12. The molecule has 1 aliphatic heterocycles. The molecule has 2 unspecified atom stereocenters. The van der Waals surface area contributed by atoms with E-state index in [0.29, 0.717) is 12.8 Å². The van der Waals surface area contributed by atoms with Gasteiger partial charge in [-0.25, -0.2) is 0 Å². The summed E-state index contributed by atoms with van der Waals surface area (Å²) in [5, 5.41) is 8.64. The average molecular weight is 227 g/mol. The average Bonchev–Trinajstić information content (AvgIpc) is 2.15. The number of nitrogens with zero attached hydrogens (tertiary/aromatic N) is 1. The summed E-state index contributed by atoms with van der Waals surface area (Å²) in [6.45, 7) is 3.56. The van der Waals surface area contributed by atoms with E-state index in [1.54, 1.807) is 13.8 Å². The molecule has 16 heavy (non-hydrogen) atoms. The zero-order valence-electron chi connectivity index (χ0n) is 9.86. The topological polar surface area (TPSA) is 68.6 Å². The summed E-state index contributed by atoms with van der Waals surface area (Å²) in [6.07, 6.45) is 0.639.